The number of aromatic nitrogens is 1. The number of nitro groups is 1. The first-order valence-electron chi connectivity index (χ1n) is 5.01. The Morgan fingerprint density at radius 1 is 1.65 bits per heavy atom. The Balaban J connectivity index is 3.15. The molecule has 0 saturated heterocycles. The average Bonchev–Trinajstić information content (AvgIpc) is 2.28. The first-order valence-corrected chi connectivity index (χ1v) is 5.89. The Morgan fingerprint density at radius 2 is 2.29 bits per heavy atom. The van der Waals surface area contributed by atoms with Crippen LogP contribution < -0.4 is 0 Å². The molecule has 0 bridgehead atoms. The molecule has 0 fully saturated rings. The van der Waals surface area contributed by atoms with Crippen LogP contribution in [0, 0.1) is 10.1 Å². The van der Waals surface area contributed by atoms with E-state index in [1.165, 1.54) is 17.8 Å². The third-order valence-corrected chi connectivity index (χ3v) is 3.40. The largest absolute Gasteiger partial charge is 0.477 e. The Morgan fingerprint density at radius 3 is 2.76 bits per heavy atom. The maximum atomic E-state index is 10.8. The lowest BCUT2D eigenvalue weighted by molar-refractivity contribution is -0.388. The van der Waals surface area contributed by atoms with Crippen LogP contribution in [-0.4, -0.2) is 26.2 Å². The number of aromatic carboxylic acids is 1. The predicted molar refractivity (Wildman–Crippen MR) is 63.5 cm³/mol. The second-order valence-electron chi connectivity index (χ2n) is 3.42. The molecule has 0 radical (unpaired) electrons. The van der Waals surface area contributed by atoms with Crippen molar-refractivity contribution in [3.8, 4) is 0 Å². The zero-order chi connectivity index (χ0) is 13.0. The highest BCUT2D eigenvalue weighted by Crippen LogP contribution is 2.31. The molecule has 0 aromatic carbocycles. The van der Waals surface area contributed by atoms with Crippen molar-refractivity contribution in [1.82, 2.24) is 4.98 Å². The van der Waals surface area contributed by atoms with Crippen LogP contribution in [0.5, 0.6) is 0 Å². The molecule has 17 heavy (non-hydrogen) atoms. The molecular formula is C10H12N2O4S. The first kappa shape index (κ1) is 13.4. The van der Waals surface area contributed by atoms with E-state index in [4.69, 9.17) is 5.11 Å². The Hall–Kier alpha value is -1.63. The molecule has 1 unspecified atom stereocenters. The number of hydrogen-bond acceptors (Lipinski definition) is 5. The van der Waals surface area contributed by atoms with Crippen LogP contribution in [0.1, 0.15) is 30.8 Å². The summed E-state index contributed by atoms with van der Waals surface area (Å²) in [6.45, 7) is 3.86. The average molecular weight is 256 g/mol. The Kier molecular flexibility index (Phi) is 4.45. The summed E-state index contributed by atoms with van der Waals surface area (Å²) in [6, 6.07) is 2.32. The number of nitrogens with zero attached hydrogens (tertiary/aromatic N) is 2. The van der Waals surface area contributed by atoms with Crippen molar-refractivity contribution < 1.29 is 14.8 Å². The smallest absolute Gasteiger partial charge is 0.354 e. The lowest BCUT2D eigenvalue weighted by Crippen LogP contribution is -2.05. The normalized spacial score (nSPS) is 12.1. The summed E-state index contributed by atoms with van der Waals surface area (Å²) in [5, 5.41) is 19.9. The highest BCUT2D eigenvalue weighted by molar-refractivity contribution is 8.00. The molecule has 0 saturated carbocycles. The summed E-state index contributed by atoms with van der Waals surface area (Å²) in [7, 11) is 0. The number of hydrogen-bond donors (Lipinski definition) is 1. The van der Waals surface area contributed by atoms with E-state index in [0.29, 0.717) is 0 Å². The number of carbonyl (C=O) groups is 1. The second kappa shape index (κ2) is 5.62. The molecule has 6 nitrogen and oxygen atoms in total. The number of carboxylic acid groups (broad SMARTS) is 1. The van der Waals surface area contributed by atoms with Gasteiger partial charge in [-0.3, -0.25) is 10.1 Å². The highest BCUT2D eigenvalue weighted by atomic mass is 32.2. The summed E-state index contributed by atoms with van der Waals surface area (Å²) in [4.78, 5) is 24.8. The summed E-state index contributed by atoms with van der Waals surface area (Å²) in [6.07, 6.45) is 0.820. The summed E-state index contributed by atoms with van der Waals surface area (Å²) < 4.78 is 0. The van der Waals surface area contributed by atoms with E-state index in [1.807, 2.05) is 13.8 Å². The molecule has 7 heteroatoms. The van der Waals surface area contributed by atoms with Crippen LogP contribution >= 0.6 is 11.8 Å². The van der Waals surface area contributed by atoms with Crippen molar-refractivity contribution in [2.24, 2.45) is 0 Å². The zero-order valence-corrected chi connectivity index (χ0v) is 10.2. The summed E-state index contributed by atoms with van der Waals surface area (Å²) in [5.41, 5.74) is -0.332. The minimum Gasteiger partial charge on any atom is -0.477 e. The second-order valence-corrected chi connectivity index (χ2v) is 4.85. The fraction of sp³-hybridized carbons (Fsp3) is 0.400. The Bertz CT molecular complexity index is 450. The maximum Gasteiger partial charge on any atom is 0.354 e. The molecule has 0 aliphatic heterocycles. The lowest BCUT2D eigenvalue weighted by atomic mass is 10.3. The van der Waals surface area contributed by atoms with Gasteiger partial charge in [0.15, 0.2) is 5.03 Å². The van der Waals surface area contributed by atoms with Gasteiger partial charge >= 0.3 is 11.7 Å². The van der Waals surface area contributed by atoms with E-state index in [0.717, 1.165) is 12.5 Å². The van der Waals surface area contributed by atoms with Crippen molar-refractivity contribution in [1.29, 1.82) is 0 Å². The monoisotopic (exact) mass is 256 g/mol. The molecule has 1 rings (SSSR count). The molecule has 1 aromatic rings. The van der Waals surface area contributed by atoms with Crippen molar-refractivity contribution in [2.75, 3.05) is 0 Å². The topological polar surface area (TPSA) is 93.3 Å². The van der Waals surface area contributed by atoms with Crippen molar-refractivity contribution in [3.63, 3.8) is 0 Å². The molecule has 0 amide bonds. The summed E-state index contributed by atoms with van der Waals surface area (Å²) in [5.74, 6) is -1.19. The molecule has 1 N–H and O–H groups in total. The van der Waals surface area contributed by atoms with Crippen LogP contribution in [0.4, 0.5) is 5.69 Å². The minimum atomic E-state index is -1.19. The number of pyridine rings is 1. The summed E-state index contributed by atoms with van der Waals surface area (Å²) >= 11 is 1.21. The van der Waals surface area contributed by atoms with Gasteiger partial charge in [-0.05, 0) is 12.5 Å². The van der Waals surface area contributed by atoms with Gasteiger partial charge in [0.05, 0.1) is 4.92 Å². The molecule has 92 valence electrons. The van der Waals surface area contributed by atoms with Crippen LogP contribution in [-0.2, 0) is 0 Å². The predicted octanol–water partition coefficient (Wildman–Crippen LogP) is 2.58. The maximum absolute atomic E-state index is 10.8. The number of carboxylic acids is 1. The van der Waals surface area contributed by atoms with E-state index >= 15 is 0 Å². The van der Waals surface area contributed by atoms with Gasteiger partial charge < -0.3 is 5.11 Å². The molecule has 0 aliphatic rings. The molecule has 0 spiro atoms. The third-order valence-electron chi connectivity index (χ3n) is 2.14. The van der Waals surface area contributed by atoms with Gasteiger partial charge in [-0.25, -0.2) is 9.78 Å². The first-order chi connectivity index (χ1) is 7.95. The van der Waals surface area contributed by atoms with E-state index < -0.39 is 10.9 Å². The minimum absolute atomic E-state index is 0.144. The van der Waals surface area contributed by atoms with Gasteiger partial charge in [0.2, 0.25) is 0 Å². The van der Waals surface area contributed by atoms with E-state index in [9.17, 15) is 14.9 Å². The molecule has 1 atom stereocenters. The SMILES string of the molecule is CCC(C)Sc1nc(C(=O)O)ccc1[N+](=O)[O-]. The van der Waals surface area contributed by atoms with E-state index in [2.05, 4.69) is 4.98 Å². The van der Waals surface area contributed by atoms with E-state index in [-0.39, 0.29) is 21.7 Å². The highest BCUT2D eigenvalue weighted by Gasteiger charge is 2.20. The fourth-order valence-corrected chi connectivity index (χ4v) is 2.01. The number of thioether (sulfide) groups is 1. The molecule has 1 aromatic heterocycles. The Labute approximate surface area is 102 Å². The van der Waals surface area contributed by atoms with Gasteiger partial charge in [0.1, 0.15) is 5.69 Å². The molecule has 1 heterocycles. The van der Waals surface area contributed by atoms with Crippen molar-refractivity contribution in [2.45, 2.75) is 30.5 Å². The van der Waals surface area contributed by atoms with Crippen LogP contribution in [0.25, 0.3) is 0 Å². The van der Waals surface area contributed by atoms with Gasteiger partial charge in [0.25, 0.3) is 0 Å². The third kappa shape index (κ3) is 3.42. The standard InChI is InChI=1S/C10H12N2O4S/c1-3-6(2)17-9-8(12(15)16)5-4-7(11-9)10(13)14/h4-6H,3H2,1-2H3,(H,13,14). The van der Waals surface area contributed by atoms with Crippen LogP contribution in [0.15, 0.2) is 17.2 Å². The lowest BCUT2D eigenvalue weighted by Gasteiger charge is -2.07. The van der Waals surface area contributed by atoms with Crippen LogP contribution in [0.3, 0.4) is 0 Å². The van der Waals surface area contributed by atoms with Gasteiger partial charge in [-0.15, -0.1) is 0 Å². The quantitative estimate of drug-likeness (QED) is 0.494. The zero-order valence-electron chi connectivity index (χ0n) is 9.41. The van der Waals surface area contributed by atoms with Gasteiger partial charge in [0, 0.05) is 11.3 Å². The van der Waals surface area contributed by atoms with E-state index in [1.54, 1.807) is 0 Å². The van der Waals surface area contributed by atoms with Gasteiger partial charge in [-0.1, -0.05) is 25.6 Å². The fourth-order valence-electron chi connectivity index (χ4n) is 1.05. The molecular weight excluding hydrogens is 244 g/mol. The van der Waals surface area contributed by atoms with Crippen LogP contribution in [0.2, 0.25) is 0 Å². The van der Waals surface area contributed by atoms with Crippen molar-refractivity contribution in [3.05, 3.63) is 27.9 Å². The van der Waals surface area contributed by atoms with Crippen molar-refractivity contribution >= 4 is 23.4 Å². The molecule has 0 aliphatic carbocycles. The number of rotatable bonds is 5. The van der Waals surface area contributed by atoms with Gasteiger partial charge in [-0.2, -0.15) is 0 Å².